The fraction of sp³-hybridized carbons (Fsp3) is 0.188. The van der Waals surface area contributed by atoms with E-state index in [0.717, 1.165) is 12.1 Å². The van der Waals surface area contributed by atoms with Crippen molar-refractivity contribution >= 4 is 45.4 Å². The van der Waals surface area contributed by atoms with Gasteiger partial charge in [-0.25, -0.2) is 4.79 Å². The van der Waals surface area contributed by atoms with Crippen molar-refractivity contribution < 1.29 is 50.5 Å². The van der Waals surface area contributed by atoms with E-state index in [-0.39, 0.29) is 0 Å². The first kappa shape index (κ1) is 24.8. The van der Waals surface area contributed by atoms with Gasteiger partial charge in [0, 0.05) is 6.07 Å². The third kappa shape index (κ3) is 7.05. The van der Waals surface area contributed by atoms with Crippen molar-refractivity contribution in [1.82, 2.24) is 0 Å². The van der Waals surface area contributed by atoms with E-state index < -0.39 is 62.4 Å². The normalized spacial score (nSPS) is 12.4. The summed E-state index contributed by atoms with van der Waals surface area (Å²) in [6.07, 6.45) is -9.94. The lowest BCUT2D eigenvalue weighted by atomic mass is 9.52. The molecule has 5 nitrogen and oxygen atoms in total. The van der Waals surface area contributed by atoms with Crippen LogP contribution in [0.15, 0.2) is 34.8 Å². The van der Waals surface area contributed by atoms with Crippen LogP contribution in [-0.2, 0) is 6.18 Å². The molecule has 0 aliphatic heterocycles. The van der Waals surface area contributed by atoms with Gasteiger partial charge in [0.1, 0.15) is 34.9 Å². The van der Waals surface area contributed by atoms with Gasteiger partial charge in [-0.15, -0.1) is 13.2 Å². The summed E-state index contributed by atoms with van der Waals surface area (Å²) in [6.45, 7) is 0. The standard InChI is InChI=1S/C16H6B3BrF6O5/c17-15(18,19)31-11-5-7(30-16(24,25)26)1-2-10(11)29-12-8(13(27)28)3-6(4-9(12)20)14(21,22)23/h1-5H,(H,27,28). The quantitative estimate of drug-likeness (QED) is 0.468. The Balaban J connectivity index is 2.57. The minimum Gasteiger partial charge on any atom is -0.512 e. The molecule has 2 aromatic carbocycles. The molecule has 0 unspecified atom stereocenters. The Bertz CT molecular complexity index is 991. The number of rotatable bonds is 6. The van der Waals surface area contributed by atoms with Crippen LogP contribution in [0, 0.1) is 0 Å². The molecule has 158 valence electrons. The number of carboxylic acids is 1. The molecule has 0 saturated heterocycles. The summed E-state index contributed by atoms with van der Waals surface area (Å²) in [5, 5.41) is 6.87. The summed E-state index contributed by atoms with van der Waals surface area (Å²) in [5.74, 6) is -4.32. The van der Waals surface area contributed by atoms with E-state index in [2.05, 4.69) is 20.7 Å². The number of carboxylic acid groups (broad SMARTS) is 1. The summed E-state index contributed by atoms with van der Waals surface area (Å²) in [7, 11) is 15.8. The largest absolute Gasteiger partial charge is 0.573 e. The summed E-state index contributed by atoms with van der Waals surface area (Å²) in [5.41, 5.74) is -2.21. The summed E-state index contributed by atoms with van der Waals surface area (Å²) < 4.78 is 89.8. The van der Waals surface area contributed by atoms with Crippen molar-refractivity contribution in [2.75, 3.05) is 0 Å². The zero-order valence-electron chi connectivity index (χ0n) is 14.8. The van der Waals surface area contributed by atoms with Crippen LogP contribution in [0.5, 0.6) is 23.0 Å². The van der Waals surface area contributed by atoms with Crippen molar-refractivity contribution in [3.05, 3.63) is 45.9 Å². The third-order valence-corrected chi connectivity index (χ3v) is 3.84. The molecule has 2 rings (SSSR count). The molecule has 0 saturated carbocycles. The SMILES string of the molecule is [B]C([B])([B])Oc1cc(OC(F)(F)F)ccc1Oc1c(Br)cc(C(F)(F)F)cc1C(=O)O. The molecule has 0 bridgehead atoms. The Hall–Kier alpha value is -2.44. The highest BCUT2D eigenvalue weighted by Gasteiger charge is 2.34. The highest BCUT2D eigenvalue weighted by Crippen LogP contribution is 2.43. The van der Waals surface area contributed by atoms with Gasteiger partial charge in [0.2, 0.25) is 0 Å². The fourth-order valence-corrected chi connectivity index (χ4v) is 2.71. The van der Waals surface area contributed by atoms with Crippen LogP contribution in [-0.4, -0.2) is 46.3 Å². The van der Waals surface area contributed by atoms with E-state index in [1.807, 2.05) is 0 Å². The molecule has 0 aromatic heterocycles. The first-order chi connectivity index (χ1) is 14.0. The van der Waals surface area contributed by atoms with Gasteiger partial charge in [-0.3, -0.25) is 0 Å². The number of aromatic carboxylic acids is 1. The number of benzene rings is 2. The van der Waals surface area contributed by atoms with Gasteiger partial charge >= 0.3 is 18.5 Å². The molecular formula is C16H6B3BrF6O5. The van der Waals surface area contributed by atoms with Crippen molar-refractivity contribution in [1.29, 1.82) is 0 Å². The molecule has 6 radical (unpaired) electrons. The van der Waals surface area contributed by atoms with Crippen LogP contribution < -0.4 is 14.2 Å². The van der Waals surface area contributed by atoms with E-state index in [0.29, 0.717) is 18.2 Å². The Morgan fingerprint density at radius 3 is 2.03 bits per heavy atom. The predicted molar refractivity (Wildman–Crippen MR) is 99.9 cm³/mol. The first-order valence-corrected chi connectivity index (χ1v) is 8.53. The zero-order chi connectivity index (χ0) is 23.8. The summed E-state index contributed by atoms with van der Waals surface area (Å²) >= 11 is 2.78. The second-order valence-corrected chi connectivity index (χ2v) is 6.71. The molecule has 2 aromatic rings. The van der Waals surface area contributed by atoms with Gasteiger partial charge in [-0.2, -0.15) is 13.2 Å². The number of hydrogen-bond acceptors (Lipinski definition) is 4. The Morgan fingerprint density at radius 1 is 0.935 bits per heavy atom. The van der Waals surface area contributed by atoms with Gasteiger partial charge < -0.3 is 19.3 Å². The lowest BCUT2D eigenvalue weighted by Gasteiger charge is -2.25. The van der Waals surface area contributed by atoms with Crippen LogP contribution in [0.3, 0.4) is 0 Å². The topological polar surface area (TPSA) is 65.0 Å². The number of halogens is 7. The molecule has 0 amide bonds. The number of ether oxygens (including phenoxy) is 3. The lowest BCUT2D eigenvalue weighted by Crippen LogP contribution is -2.37. The van der Waals surface area contributed by atoms with E-state index in [9.17, 15) is 36.2 Å². The summed E-state index contributed by atoms with van der Waals surface area (Å²) in [4.78, 5) is 11.5. The van der Waals surface area contributed by atoms with E-state index in [1.54, 1.807) is 0 Å². The van der Waals surface area contributed by atoms with Crippen LogP contribution >= 0.6 is 15.9 Å². The highest BCUT2D eigenvalue weighted by molar-refractivity contribution is 9.10. The highest BCUT2D eigenvalue weighted by atomic mass is 79.9. The minimum absolute atomic E-state index is 0.309. The molecule has 1 N–H and O–H groups in total. The molecular weight excluding hydrogens is 498 g/mol. The van der Waals surface area contributed by atoms with Gasteiger partial charge in [0.05, 0.1) is 10.0 Å². The molecule has 0 aliphatic carbocycles. The third-order valence-electron chi connectivity index (χ3n) is 3.25. The average Bonchev–Trinajstić information content (AvgIpc) is 2.54. The smallest absolute Gasteiger partial charge is 0.512 e. The predicted octanol–water partition coefficient (Wildman–Crippen LogP) is 4.35. The second kappa shape index (κ2) is 8.60. The Kier molecular flexibility index (Phi) is 6.89. The number of carbonyl (C=O) groups is 1. The van der Waals surface area contributed by atoms with Crippen molar-refractivity contribution in [3.8, 4) is 23.0 Å². The molecule has 31 heavy (non-hydrogen) atoms. The molecule has 0 heterocycles. The first-order valence-electron chi connectivity index (χ1n) is 7.73. The van der Waals surface area contributed by atoms with Crippen molar-refractivity contribution in [2.45, 2.75) is 17.8 Å². The number of alkyl halides is 6. The molecule has 0 spiro atoms. The van der Waals surface area contributed by atoms with Gasteiger partial charge in [0.25, 0.3) is 0 Å². The van der Waals surface area contributed by atoms with E-state index in [1.165, 1.54) is 0 Å². The second-order valence-electron chi connectivity index (χ2n) is 5.85. The average molecular weight is 505 g/mol. The van der Waals surface area contributed by atoms with E-state index >= 15 is 0 Å². The minimum atomic E-state index is -5.07. The molecule has 0 aliphatic rings. The van der Waals surface area contributed by atoms with Crippen molar-refractivity contribution in [2.24, 2.45) is 0 Å². The maximum Gasteiger partial charge on any atom is 0.573 e. The Morgan fingerprint density at radius 2 is 1.55 bits per heavy atom. The lowest BCUT2D eigenvalue weighted by molar-refractivity contribution is -0.274. The van der Waals surface area contributed by atoms with Gasteiger partial charge in [-0.1, -0.05) is 0 Å². The van der Waals surface area contributed by atoms with Crippen LogP contribution in [0.1, 0.15) is 15.9 Å². The van der Waals surface area contributed by atoms with Crippen molar-refractivity contribution in [3.63, 3.8) is 0 Å². The maximum atomic E-state index is 13.0. The monoisotopic (exact) mass is 504 g/mol. The zero-order valence-corrected chi connectivity index (χ0v) is 16.4. The van der Waals surface area contributed by atoms with Gasteiger partial charge in [0.15, 0.2) is 17.2 Å². The maximum absolute atomic E-state index is 13.0. The van der Waals surface area contributed by atoms with Gasteiger partial charge in [-0.05, 0) is 45.5 Å². The fourth-order valence-electron chi connectivity index (χ4n) is 2.17. The molecule has 0 atom stereocenters. The van der Waals surface area contributed by atoms with Crippen LogP contribution in [0.4, 0.5) is 26.3 Å². The molecule has 0 fully saturated rings. The van der Waals surface area contributed by atoms with E-state index in [4.69, 9.17) is 33.0 Å². The Labute approximate surface area is 183 Å². The van der Waals surface area contributed by atoms with Crippen LogP contribution in [0.25, 0.3) is 0 Å². The number of hydrogen-bond donors (Lipinski definition) is 1. The summed E-state index contributed by atoms with van der Waals surface area (Å²) in [6, 6.07) is 3.09. The molecule has 15 heteroatoms. The van der Waals surface area contributed by atoms with Crippen LogP contribution in [0.2, 0.25) is 0 Å².